The van der Waals surface area contributed by atoms with Crippen LogP contribution >= 0.6 is 35.6 Å². The lowest BCUT2D eigenvalue weighted by atomic mass is 10.2. The molecular weight excluding hydrogens is 260 g/mol. The molecule has 0 bridgehead atoms. The molecule has 1 aliphatic rings. The second kappa shape index (κ2) is 5.25. The lowest BCUT2D eigenvalue weighted by Gasteiger charge is -2.20. The first-order valence-corrected chi connectivity index (χ1v) is 7.01. The van der Waals surface area contributed by atoms with Crippen molar-refractivity contribution in [1.82, 2.24) is 4.90 Å². The summed E-state index contributed by atoms with van der Waals surface area (Å²) in [4.78, 5) is 2.17. The molecule has 0 amide bonds. The quantitative estimate of drug-likeness (QED) is 0.789. The fraction of sp³-hybridized carbons (Fsp3) is 0.364. The molecule has 1 N–H and O–H groups in total. The van der Waals surface area contributed by atoms with E-state index in [1.54, 1.807) is 0 Å². The summed E-state index contributed by atoms with van der Waals surface area (Å²) in [6.07, 6.45) is 0. The third-order valence-electron chi connectivity index (χ3n) is 2.55. The first-order chi connectivity index (χ1) is 7.68. The minimum atomic E-state index is 0.767. The Morgan fingerprint density at radius 1 is 1.56 bits per heavy atom. The Morgan fingerprint density at radius 3 is 3.06 bits per heavy atom. The molecule has 86 valence electrons. The third-order valence-corrected chi connectivity index (χ3v) is 4.28. The standard InChI is InChI=1S/C11H13ClN2S2/c1-8-9(12)3-2-4-10(8)13-11(15)14-5-6-16-7-14/h2-4H,5-7H2,1H3,(H,13,15). The molecule has 0 aliphatic carbocycles. The smallest absolute Gasteiger partial charge is 0.174 e. The number of rotatable bonds is 1. The highest BCUT2D eigenvalue weighted by Crippen LogP contribution is 2.24. The zero-order valence-corrected chi connectivity index (χ0v) is 11.4. The van der Waals surface area contributed by atoms with E-state index in [1.165, 1.54) is 0 Å². The van der Waals surface area contributed by atoms with E-state index < -0.39 is 0 Å². The van der Waals surface area contributed by atoms with Crippen molar-refractivity contribution < 1.29 is 0 Å². The number of thiocarbonyl (C=S) groups is 1. The van der Waals surface area contributed by atoms with E-state index >= 15 is 0 Å². The molecule has 1 aromatic rings. The van der Waals surface area contributed by atoms with Gasteiger partial charge in [-0.1, -0.05) is 17.7 Å². The van der Waals surface area contributed by atoms with E-state index in [2.05, 4.69) is 10.2 Å². The SMILES string of the molecule is Cc1c(Cl)cccc1NC(=S)N1CCSC1. The minimum Gasteiger partial charge on any atom is -0.339 e. The van der Waals surface area contributed by atoms with Gasteiger partial charge < -0.3 is 10.2 Å². The second-order valence-electron chi connectivity index (χ2n) is 3.64. The van der Waals surface area contributed by atoms with Crippen LogP contribution in [0.1, 0.15) is 5.56 Å². The Labute approximate surface area is 110 Å². The van der Waals surface area contributed by atoms with Gasteiger partial charge in [0.1, 0.15) is 0 Å². The Morgan fingerprint density at radius 2 is 2.38 bits per heavy atom. The molecule has 0 saturated carbocycles. The lowest BCUT2D eigenvalue weighted by Crippen LogP contribution is -2.32. The highest BCUT2D eigenvalue weighted by atomic mass is 35.5. The summed E-state index contributed by atoms with van der Waals surface area (Å²) < 4.78 is 0. The molecule has 5 heteroatoms. The van der Waals surface area contributed by atoms with Gasteiger partial charge in [0.2, 0.25) is 0 Å². The molecule has 0 atom stereocenters. The molecule has 2 rings (SSSR count). The molecule has 0 unspecified atom stereocenters. The molecule has 1 aromatic carbocycles. The Kier molecular flexibility index (Phi) is 3.95. The number of hydrogen-bond donors (Lipinski definition) is 1. The van der Waals surface area contributed by atoms with Crippen LogP contribution < -0.4 is 5.32 Å². The first kappa shape index (κ1) is 12.0. The van der Waals surface area contributed by atoms with Crippen molar-refractivity contribution in [2.45, 2.75) is 6.92 Å². The third kappa shape index (κ3) is 2.62. The van der Waals surface area contributed by atoms with Gasteiger partial charge in [0.25, 0.3) is 0 Å². The zero-order valence-electron chi connectivity index (χ0n) is 9.00. The van der Waals surface area contributed by atoms with Crippen molar-refractivity contribution in [3.8, 4) is 0 Å². The van der Waals surface area contributed by atoms with Crippen molar-refractivity contribution in [1.29, 1.82) is 0 Å². The van der Waals surface area contributed by atoms with Crippen molar-refractivity contribution in [3.63, 3.8) is 0 Å². The Hall–Kier alpha value is -0.450. The maximum atomic E-state index is 6.06. The predicted octanol–water partition coefficient (Wildman–Crippen LogP) is 3.35. The molecule has 1 heterocycles. The number of thioether (sulfide) groups is 1. The fourth-order valence-corrected chi connectivity index (χ4v) is 2.99. The Bertz CT molecular complexity index is 403. The van der Waals surface area contributed by atoms with Gasteiger partial charge in [-0.05, 0) is 36.8 Å². The van der Waals surface area contributed by atoms with Gasteiger partial charge in [-0.3, -0.25) is 0 Å². The number of benzene rings is 1. The number of hydrogen-bond acceptors (Lipinski definition) is 2. The van der Waals surface area contributed by atoms with Crippen LogP contribution in [0.3, 0.4) is 0 Å². The summed E-state index contributed by atoms with van der Waals surface area (Å²) in [6, 6.07) is 5.81. The molecule has 0 radical (unpaired) electrons. The van der Waals surface area contributed by atoms with E-state index in [1.807, 2.05) is 36.9 Å². The molecular formula is C11H13ClN2S2. The zero-order chi connectivity index (χ0) is 11.5. The lowest BCUT2D eigenvalue weighted by molar-refractivity contribution is 0.552. The molecule has 0 aromatic heterocycles. The van der Waals surface area contributed by atoms with Gasteiger partial charge in [-0.25, -0.2) is 0 Å². The average Bonchev–Trinajstić information content (AvgIpc) is 2.78. The minimum absolute atomic E-state index is 0.767. The number of halogens is 1. The van der Waals surface area contributed by atoms with Gasteiger partial charge >= 0.3 is 0 Å². The van der Waals surface area contributed by atoms with Crippen molar-refractivity contribution in [2.75, 3.05) is 23.5 Å². The van der Waals surface area contributed by atoms with Crippen LogP contribution in [0.5, 0.6) is 0 Å². The van der Waals surface area contributed by atoms with Gasteiger partial charge in [0.15, 0.2) is 5.11 Å². The number of anilines is 1. The fourth-order valence-electron chi connectivity index (χ4n) is 1.51. The summed E-state index contributed by atoms with van der Waals surface area (Å²) >= 11 is 13.3. The van der Waals surface area contributed by atoms with Crippen LogP contribution in [-0.2, 0) is 0 Å². The highest BCUT2D eigenvalue weighted by Gasteiger charge is 2.15. The summed E-state index contributed by atoms with van der Waals surface area (Å²) in [7, 11) is 0. The molecule has 2 nitrogen and oxygen atoms in total. The largest absolute Gasteiger partial charge is 0.339 e. The predicted molar refractivity (Wildman–Crippen MR) is 76.4 cm³/mol. The average molecular weight is 273 g/mol. The van der Waals surface area contributed by atoms with Crippen LogP contribution in [0.4, 0.5) is 5.69 Å². The molecule has 16 heavy (non-hydrogen) atoms. The van der Waals surface area contributed by atoms with Gasteiger partial charge in [0, 0.05) is 23.0 Å². The monoisotopic (exact) mass is 272 g/mol. The van der Waals surface area contributed by atoms with E-state index in [0.717, 1.165) is 39.6 Å². The van der Waals surface area contributed by atoms with Gasteiger partial charge in [-0.2, -0.15) is 0 Å². The Balaban J connectivity index is 2.08. The first-order valence-electron chi connectivity index (χ1n) is 5.07. The van der Waals surface area contributed by atoms with Crippen LogP contribution in [0, 0.1) is 6.92 Å². The maximum Gasteiger partial charge on any atom is 0.174 e. The summed E-state index contributed by atoms with van der Waals surface area (Å²) in [5, 5.41) is 4.81. The van der Waals surface area contributed by atoms with E-state index in [4.69, 9.17) is 23.8 Å². The van der Waals surface area contributed by atoms with Crippen LogP contribution in [-0.4, -0.2) is 28.2 Å². The summed E-state index contributed by atoms with van der Waals surface area (Å²) in [5.74, 6) is 2.13. The number of nitrogens with one attached hydrogen (secondary N) is 1. The van der Waals surface area contributed by atoms with Crippen molar-refractivity contribution in [2.24, 2.45) is 0 Å². The molecule has 1 aliphatic heterocycles. The molecule has 1 saturated heterocycles. The van der Waals surface area contributed by atoms with Gasteiger partial charge in [0.05, 0.1) is 5.88 Å². The molecule has 0 spiro atoms. The van der Waals surface area contributed by atoms with Crippen LogP contribution in [0.15, 0.2) is 18.2 Å². The van der Waals surface area contributed by atoms with Gasteiger partial charge in [-0.15, -0.1) is 11.8 Å². The number of nitrogens with zero attached hydrogens (tertiary/aromatic N) is 1. The second-order valence-corrected chi connectivity index (χ2v) is 5.51. The summed E-state index contributed by atoms with van der Waals surface area (Å²) in [5.41, 5.74) is 2.03. The van der Waals surface area contributed by atoms with Crippen molar-refractivity contribution in [3.05, 3.63) is 28.8 Å². The molecule has 1 fully saturated rings. The van der Waals surface area contributed by atoms with E-state index in [-0.39, 0.29) is 0 Å². The maximum absolute atomic E-state index is 6.06. The van der Waals surface area contributed by atoms with Crippen LogP contribution in [0.25, 0.3) is 0 Å². The van der Waals surface area contributed by atoms with E-state index in [0.29, 0.717) is 0 Å². The van der Waals surface area contributed by atoms with Crippen LogP contribution in [0.2, 0.25) is 5.02 Å². The normalized spacial score (nSPS) is 15.2. The summed E-state index contributed by atoms with van der Waals surface area (Å²) in [6.45, 7) is 3.02. The van der Waals surface area contributed by atoms with E-state index in [9.17, 15) is 0 Å². The van der Waals surface area contributed by atoms with Crippen molar-refractivity contribution >= 4 is 46.4 Å². The highest BCUT2D eigenvalue weighted by molar-refractivity contribution is 7.99. The topological polar surface area (TPSA) is 15.3 Å².